The standard InChI is InChI=1S/C17H33N5O3/c1-14-16(15(2)22(21-14)8-10-23-4)13-20-17(18-3)19-7-6-9-25-12-11-24-5/h6-13H2,1-5H3,(H2,18,19,20). The first kappa shape index (κ1) is 21.4. The Bertz CT molecular complexity index is 517. The minimum absolute atomic E-state index is 0.632. The smallest absolute Gasteiger partial charge is 0.191 e. The Labute approximate surface area is 150 Å². The Balaban J connectivity index is 2.36. The van der Waals surface area contributed by atoms with E-state index >= 15 is 0 Å². The van der Waals surface area contributed by atoms with Crippen LogP contribution < -0.4 is 10.6 Å². The third kappa shape index (κ3) is 7.85. The highest BCUT2D eigenvalue weighted by atomic mass is 16.5. The Kier molecular flexibility index (Phi) is 10.9. The number of guanidine groups is 1. The number of rotatable bonds is 12. The van der Waals surface area contributed by atoms with E-state index in [1.165, 1.54) is 5.56 Å². The van der Waals surface area contributed by atoms with E-state index in [0.717, 1.165) is 36.9 Å². The van der Waals surface area contributed by atoms with E-state index in [1.54, 1.807) is 21.3 Å². The van der Waals surface area contributed by atoms with E-state index in [-0.39, 0.29) is 0 Å². The SMILES string of the molecule is CN=C(NCCCOCCOC)NCc1c(C)nn(CCOC)c1C. The zero-order valence-corrected chi connectivity index (χ0v) is 16.2. The molecule has 8 heteroatoms. The highest BCUT2D eigenvalue weighted by Crippen LogP contribution is 2.12. The van der Waals surface area contributed by atoms with Crippen LogP contribution in [0.2, 0.25) is 0 Å². The number of ether oxygens (including phenoxy) is 3. The molecule has 0 saturated heterocycles. The molecule has 0 fully saturated rings. The summed E-state index contributed by atoms with van der Waals surface area (Å²) in [5.41, 5.74) is 3.38. The first-order valence-electron chi connectivity index (χ1n) is 8.67. The zero-order valence-electron chi connectivity index (χ0n) is 16.2. The number of methoxy groups -OCH3 is 2. The van der Waals surface area contributed by atoms with Crippen molar-refractivity contribution in [3.63, 3.8) is 0 Å². The van der Waals surface area contributed by atoms with Gasteiger partial charge in [0.1, 0.15) is 0 Å². The lowest BCUT2D eigenvalue weighted by molar-refractivity contribution is 0.0698. The van der Waals surface area contributed by atoms with Crippen molar-refractivity contribution in [2.45, 2.75) is 33.4 Å². The van der Waals surface area contributed by atoms with Crippen LogP contribution in [0.5, 0.6) is 0 Å². The highest BCUT2D eigenvalue weighted by Gasteiger charge is 2.11. The minimum Gasteiger partial charge on any atom is -0.383 e. The largest absolute Gasteiger partial charge is 0.383 e. The molecule has 144 valence electrons. The van der Waals surface area contributed by atoms with Crippen molar-refractivity contribution < 1.29 is 14.2 Å². The molecule has 0 aliphatic rings. The summed E-state index contributed by atoms with van der Waals surface area (Å²) in [5.74, 6) is 0.778. The molecule has 1 rings (SSSR count). The van der Waals surface area contributed by atoms with Gasteiger partial charge in [0, 0.05) is 52.2 Å². The monoisotopic (exact) mass is 355 g/mol. The summed E-state index contributed by atoms with van der Waals surface area (Å²) in [6.07, 6.45) is 0.914. The van der Waals surface area contributed by atoms with E-state index in [9.17, 15) is 0 Å². The first-order chi connectivity index (χ1) is 12.1. The van der Waals surface area contributed by atoms with Gasteiger partial charge in [0.15, 0.2) is 5.96 Å². The van der Waals surface area contributed by atoms with E-state index < -0.39 is 0 Å². The Morgan fingerprint density at radius 2 is 1.84 bits per heavy atom. The quantitative estimate of drug-likeness (QED) is 0.329. The molecule has 0 aromatic carbocycles. The average molecular weight is 355 g/mol. The minimum atomic E-state index is 0.632. The number of hydrogen-bond donors (Lipinski definition) is 2. The lowest BCUT2D eigenvalue weighted by Crippen LogP contribution is -2.37. The van der Waals surface area contributed by atoms with Gasteiger partial charge in [0.2, 0.25) is 0 Å². The molecule has 0 spiro atoms. The van der Waals surface area contributed by atoms with Gasteiger partial charge < -0.3 is 24.8 Å². The Morgan fingerprint density at radius 3 is 2.52 bits per heavy atom. The topological polar surface area (TPSA) is 81.9 Å². The molecule has 2 N–H and O–H groups in total. The van der Waals surface area contributed by atoms with Crippen molar-refractivity contribution in [2.75, 3.05) is 54.2 Å². The number of aryl methyl sites for hydroxylation is 1. The molecule has 0 radical (unpaired) electrons. The number of aliphatic imine (C=N–C) groups is 1. The maximum absolute atomic E-state index is 5.44. The molecular formula is C17H33N5O3. The second-order valence-corrected chi connectivity index (χ2v) is 5.68. The molecule has 0 atom stereocenters. The summed E-state index contributed by atoms with van der Waals surface area (Å²) in [6, 6.07) is 0. The van der Waals surface area contributed by atoms with E-state index in [0.29, 0.717) is 33.0 Å². The molecule has 1 heterocycles. The lowest BCUT2D eigenvalue weighted by Gasteiger charge is -2.12. The van der Waals surface area contributed by atoms with Gasteiger partial charge in [-0.05, 0) is 20.3 Å². The van der Waals surface area contributed by atoms with Crippen LogP contribution in [0, 0.1) is 13.8 Å². The van der Waals surface area contributed by atoms with Crippen LogP contribution in [-0.4, -0.2) is 70.0 Å². The normalized spacial score (nSPS) is 11.8. The predicted molar refractivity (Wildman–Crippen MR) is 99.1 cm³/mol. The third-order valence-corrected chi connectivity index (χ3v) is 3.88. The number of nitrogens with zero attached hydrogens (tertiary/aromatic N) is 3. The lowest BCUT2D eigenvalue weighted by atomic mass is 10.2. The van der Waals surface area contributed by atoms with Gasteiger partial charge in [-0.15, -0.1) is 0 Å². The van der Waals surface area contributed by atoms with Crippen molar-refractivity contribution in [1.29, 1.82) is 0 Å². The first-order valence-corrected chi connectivity index (χ1v) is 8.67. The summed E-state index contributed by atoms with van der Waals surface area (Å²) in [5, 5.41) is 11.2. The van der Waals surface area contributed by atoms with Crippen LogP contribution in [0.4, 0.5) is 0 Å². The fraction of sp³-hybridized carbons (Fsp3) is 0.765. The van der Waals surface area contributed by atoms with Crippen molar-refractivity contribution in [2.24, 2.45) is 4.99 Å². The van der Waals surface area contributed by atoms with Crippen LogP contribution in [0.3, 0.4) is 0 Å². The molecule has 0 aliphatic carbocycles. The maximum atomic E-state index is 5.44. The van der Waals surface area contributed by atoms with Crippen molar-refractivity contribution >= 4 is 5.96 Å². The Hall–Kier alpha value is -1.64. The Morgan fingerprint density at radius 1 is 1.08 bits per heavy atom. The van der Waals surface area contributed by atoms with Crippen LogP contribution in [0.15, 0.2) is 4.99 Å². The number of hydrogen-bond acceptors (Lipinski definition) is 5. The zero-order chi connectivity index (χ0) is 18.5. The van der Waals surface area contributed by atoms with Crippen LogP contribution in [-0.2, 0) is 27.3 Å². The third-order valence-electron chi connectivity index (χ3n) is 3.88. The number of nitrogens with one attached hydrogen (secondary N) is 2. The molecular weight excluding hydrogens is 322 g/mol. The molecule has 0 bridgehead atoms. The maximum Gasteiger partial charge on any atom is 0.191 e. The van der Waals surface area contributed by atoms with E-state index in [1.807, 2.05) is 11.6 Å². The van der Waals surface area contributed by atoms with Gasteiger partial charge in [0.05, 0.1) is 32.1 Å². The second-order valence-electron chi connectivity index (χ2n) is 5.68. The molecule has 0 saturated carbocycles. The van der Waals surface area contributed by atoms with Gasteiger partial charge in [-0.3, -0.25) is 9.67 Å². The molecule has 25 heavy (non-hydrogen) atoms. The molecule has 1 aromatic rings. The van der Waals surface area contributed by atoms with Gasteiger partial charge >= 0.3 is 0 Å². The van der Waals surface area contributed by atoms with E-state index in [2.05, 4.69) is 27.6 Å². The molecule has 0 aliphatic heterocycles. The van der Waals surface area contributed by atoms with Gasteiger partial charge in [-0.2, -0.15) is 5.10 Å². The summed E-state index contributed by atoms with van der Waals surface area (Å²) < 4.78 is 17.5. The van der Waals surface area contributed by atoms with Crippen molar-refractivity contribution in [3.05, 3.63) is 17.0 Å². The fourth-order valence-corrected chi connectivity index (χ4v) is 2.40. The highest BCUT2D eigenvalue weighted by molar-refractivity contribution is 5.79. The van der Waals surface area contributed by atoms with Gasteiger partial charge in [-0.25, -0.2) is 0 Å². The summed E-state index contributed by atoms with van der Waals surface area (Å²) in [4.78, 5) is 4.25. The van der Waals surface area contributed by atoms with Crippen molar-refractivity contribution in [3.8, 4) is 0 Å². The second kappa shape index (κ2) is 12.7. The molecule has 1 aromatic heterocycles. The summed E-state index contributed by atoms with van der Waals surface area (Å²) in [6.45, 7) is 9.00. The molecule has 0 unspecified atom stereocenters. The predicted octanol–water partition coefficient (Wildman–Crippen LogP) is 0.864. The summed E-state index contributed by atoms with van der Waals surface area (Å²) in [7, 11) is 5.14. The van der Waals surface area contributed by atoms with Crippen LogP contribution in [0.1, 0.15) is 23.4 Å². The van der Waals surface area contributed by atoms with Crippen LogP contribution in [0.25, 0.3) is 0 Å². The average Bonchev–Trinajstić information content (AvgIpc) is 2.88. The van der Waals surface area contributed by atoms with Gasteiger partial charge in [0.25, 0.3) is 0 Å². The van der Waals surface area contributed by atoms with Gasteiger partial charge in [-0.1, -0.05) is 0 Å². The van der Waals surface area contributed by atoms with Crippen molar-refractivity contribution in [1.82, 2.24) is 20.4 Å². The summed E-state index contributed by atoms with van der Waals surface area (Å²) >= 11 is 0. The fourth-order valence-electron chi connectivity index (χ4n) is 2.40. The molecule has 0 amide bonds. The number of aromatic nitrogens is 2. The van der Waals surface area contributed by atoms with Crippen LogP contribution >= 0.6 is 0 Å². The van der Waals surface area contributed by atoms with E-state index in [4.69, 9.17) is 14.2 Å². The molecule has 8 nitrogen and oxygen atoms in total.